The van der Waals surface area contributed by atoms with E-state index in [1.807, 2.05) is 24.3 Å². The van der Waals surface area contributed by atoms with Gasteiger partial charge in [-0.2, -0.15) is 0 Å². The van der Waals surface area contributed by atoms with Crippen LogP contribution in [-0.4, -0.2) is 40.9 Å². The summed E-state index contributed by atoms with van der Waals surface area (Å²) in [5.74, 6) is -3.66. The molecule has 4 aromatic rings. The summed E-state index contributed by atoms with van der Waals surface area (Å²) >= 11 is 0. The van der Waals surface area contributed by atoms with Gasteiger partial charge in [0.25, 0.3) is 0 Å². The van der Waals surface area contributed by atoms with Gasteiger partial charge in [-0.15, -0.1) is 0 Å². The maximum absolute atomic E-state index is 12.3. The number of aromatic hydroxyl groups is 8. The van der Waals surface area contributed by atoms with E-state index in [1.165, 1.54) is 127 Å². The van der Waals surface area contributed by atoms with E-state index in [-0.39, 0.29) is 69.7 Å². The summed E-state index contributed by atoms with van der Waals surface area (Å²) in [4.78, 5) is 0. The van der Waals surface area contributed by atoms with Crippen molar-refractivity contribution in [1.82, 2.24) is 0 Å². The summed E-state index contributed by atoms with van der Waals surface area (Å²) < 4.78 is 0. The molecule has 1 aliphatic carbocycles. The van der Waals surface area contributed by atoms with Crippen LogP contribution < -0.4 is 0 Å². The van der Waals surface area contributed by atoms with Crippen LogP contribution in [0, 0.1) is 23.7 Å². The van der Waals surface area contributed by atoms with Crippen molar-refractivity contribution in [1.29, 1.82) is 0 Å². The highest BCUT2D eigenvalue weighted by molar-refractivity contribution is 5.62. The fourth-order valence-electron chi connectivity index (χ4n) is 13.9. The van der Waals surface area contributed by atoms with Gasteiger partial charge in [-0.25, -0.2) is 0 Å². The van der Waals surface area contributed by atoms with Crippen LogP contribution in [0.15, 0.2) is 48.5 Å². The molecule has 0 amide bonds. The SMILES string of the molecule is CCCCCCCCCC(C)C1c2cc(c(O)cc2O)C(C(C)CCCCCCCCC)c2cc(c(O)cc2O)C(C(C)CCCCCCCCC)c2cc(c(O)cc2O)C(C(C)CCCCCCCCC)c2cc1c(O)cc2O. The van der Waals surface area contributed by atoms with Gasteiger partial charge in [0.15, 0.2) is 0 Å². The maximum Gasteiger partial charge on any atom is 0.123 e. The molecule has 8 bridgehead atoms. The van der Waals surface area contributed by atoms with Crippen LogP contribution in [0.4, 0.5) is 0 Å². The molecule has 448 valence electrons. The zero-order valence-electron chi connectivity index (χ0n) is 51.4. The summed E-state index contributed by atoms with van der Waals surface area (Å²) in [6.45, 7) is 17.6. The molecule has 5 rings (SSSR count). The highest BCUT2D eigenvalue weighted by atomic mass is 16.3. The zero-order valence-corrected chi connectivity index (χ0v) is 51.4. The quantitative estimate of drug-likeness (QED) is 0.0209. The van der Waals surface area contributed by atoms with Crippen molar-refractivity contribution in [2.24, 2.45) is 23.7 Å². The largest absolute Gasteiger partial charge is 0.508 e. The van der Waals surface area contributed by atoms with Crippen LogP contribution in [0.5, 0.6) is 46.0 Å². The minimum atomic E-state index is -0.593. The molecule has 0 aliphatic heterocycles. The van der Waals surface area contributed by atoms with Crippen LogP contribution >= 0.6 is 0 Å². The molecule has 0 fully saturated rings. The van der Waals surface area contributed by atoms with Crippen molar-refractivity contribution in [3.63, 3.8) is 0 Å². The van der Waals surface area contributed by atoms with Gasteiger partial charge >= 0.3 is 0 Å². The lowest BCUT2D eigenvalue weighted by molar-refractivity contribution is 0.377. The third kappa shape index (κ3) is 18.6. The Kier molecular flexibility index (Phi) is 28.6. The molecule has 0 heterocycles. The average Bonchev–Trinajstić information content (AvgIpc) is 3.42. The van der Waals surface area contributed by atoms with Crippen molar-refractivity contribution < 1.29 is 40.9 Å². The van der Waals surface area contributed by atoms with Crippen LogP contribution in [0.25, 0.3) is 0 Å². The molecule has 80 heavy (non-hydrogen) atoms. The van der Waals surface area contributed by atoms with Gasteiger partial charge in [-0.3, -0.25) is 0 Å². The minimum Gasteiger partial charge on any atom is -0.508 e. The van der Waals surface area contributed by atoms with Crippen LogP contribution in [0.2, 0.25) is 0 Å². The second-order valence-electron chi connectivity index (χ2n) is 25.3. The summed E-state index contributed by atoms with van der Waals surface area (Å²) in [6, 6.07) is 13.4. The number of hydrogen-bond acceptors (Lipinski definition) is 8. The summed E-state index contributed by atoms with van der Waals surface area (Å²) in [5.41, 5.74) is 4.35. The first-order chi connectivity index (χ1) is 38.6. The molecule has 0 aromatic heterocycles. The standard InChI is InChI=1S/C72H112O8/c1-9-13-17-21-25-29-33-37-49(5)69-53-41-55(63(75)45-61(53)73)70(50(6)38-34-30-26-22-18-14-10-2)57-43-59(67(79)47-65(57)77)72(52(8)40-36-32-28-24-20-16-12-4)60-44-58(66(78)48-68(60)80)71(56-42-54(69)62(74)46-64(56)76)51(7)39-35-31-27-23-19-15-11-3/h41-52,69-80H,9-40H2,1-8H3. The van der Waals surface area contributed by atoms with Gasteiger partial charge in [0.2, 0.25) is 0 Å². The van der Waals surface area contributed by atoms with Gasteiger partial charge in [0.05, 0.1) is 0 Å². The first-order valence-corrected chi connectivity index (χ1v) is 32.8. The molecule has 8 heteroatoms. The Morgan fingerprint density at radius 1 is 0.225 bits per heavy atom. The molecule has 1 aliphatic rings. The smallest absolute Gasteiger partial charge is 0.123 e. The normalized spacial score (nSPS) is 17.8. The Hall–Kier alpha value is -4.72. The highest BCUT2D eigenvalue weighted by Gasteiger charge is 2.38. The van der Waals surface area contributed by atoms with E-state index in [0.29, 0.717) is 44.5 Å². The molecule has 4 atom stereocenters. The van der Waals surface area contributed by atoms with E-state index in [9.17, 15) is 40.9 Å². The van der Waals surface area contributed by atoms with E-state index in [4.69, 9.17) is 0 Å². The lowest BCUT2D eigenvalue weighted by atomic mass is 9.71. The van der Waals surface area contributed by atoms with Crippen molar-refractivity contribution >= 4 is 0 Å². The lowest BCUT2D eigenvalue weighted by Crippen LogP contribution is -2.19. The molecule has 8 N–H and O–H groups in total. The fourth-order valence-corrected chi connectivity index (χ4v) is 13.9. The van der Waals surface area contributed by atoms with Crippen LogP contribution in [-0.2, 0) is 0 Å². The molecule has 8 nitrogen and oxygen atoms in total. The summed E-state index contributed by atoms with van der Waals surface area (Å²) in [7, 11) is 0. The number of phenols is 8. The Morgan fingerprint density at radius 2 is 0.362 bits per heavy atom. The molecular weight excluding hydrogens is 993 g/mol. The van der Waals surface area contributed by atoms with Crippen molar-refractivity contribution in [2.45, 2.75) is 285 Å². The van der Waals surface area contributed by atoms with E-state index in [0.717, 1.165) is 103 Å². The molecule has 0 spiro atoms. The van der Waals surface area contributed by atoms with Gasteiger partial charge in [0.1, 0.15) is 46.0 Å². The number of fused-ring (bicyclic) bond motifs is 8. The second-order valence-corrected chi connectivity index (χ2v) is 25.3. The summed E-state index contributed by atoms with van der Waals surface area (Å²) in [5, 5.41) is 98.7. The molecule has 0 radical (unpaired) electrons. The first-order valence-electron chi connectivity index (χ1n) is 32.8. The zero-order chi connectivity index (χ0) is 58.1. The van der Waals surface area contributed by atoms with E-state index < -0.39 is 23.7 Å². The Bertz CT molecular complexity index is 1990. The van der Waals surface area contributed by atoms with Crippen molar-refractivity contribution in [3.8, 4) is 46.0 Å². The minimum absolute atomic E-state index is 0.101. The van der Waals surface area contributed by atoms with Crippen molar-refractivity contribution in [2.75, 3.05) is 0 Å². The maximum atomic E-state index is 12.3. The topological polar surface area (TPSA) is 162 Å². The third-order valence-corrected chi connectivity index (χ3v) is 18.7. The monoisotopic (exact) mass is 1100 g/mol. The fraction of sp³-hybridized carbons (Fsp3) is 0.667. The Morgan fingerprint density at radius 3 is 0.512 bits per heavy atom. The first kappa shape index (κ1) is 66.1. The van der Waals surface area contributed by atoms with Crippen molar-refractivity contribution in [3.05, 3.63) is 93.0 Å². The average molecular weight is 1110 g/mol. The van der Waals surface area contributed by atoms with Crippen LogP contribution in [0.1, 0.15) is 329 Å². The predicted octanol–water partition coefficient (Wildman–Crippen LogP) is 21.3. The highest BCUT2D eigenvalue weighted by Crippen LogP contribution is 2.55. The van der Waals surface area contributed by atoms with Gasteiger partial charge < -0.3 is 40.9 Å². The molecule has 0 saturated carbocycles. The Labute approximate surface area is 485 Å². The van der Waals surface area contributed by atoms with Crippen LogP contribution in [0.3, 0.4) is 0 Å². The second kappa shape index (κ2) is 34.7. The van der Waals surface area contributed by atoms with E-state index in [1.54, 1.807) is 0 Å². The number of benzene rings is 4. The Balaban J connectivity index is 1.82. The molecule has 4 aromatic carbocycles. The van der Waals surface area contributed by atoms with E-state index >= 15 is 0 Å². The van der Waals surface area contributed by atoms with Gasteiger partial charge in [0, 0.05) is 92.4 Å². The van der Waals surface area contributed by atoms with Gasteiger partial charge in [-0.1, -0.05) is 235 Å². The predicted molar refractivity (Wildman–Crippen MR) is 334 cm³/mol. The van der Waals surface area contributed by atoms with E-state index in [2.05, 4.69) is 55.4 Å². The lowest BCUT2D eigenvalue weighted by Gasteiger charge is -2.34. The number of phenolic OH excluding ortho intramolecular Hbond substituents is 8. The number of unbranched alkanes of at least 4 members (excludes halogenated alkanes) is 24. The summed E-state index contributed by atoms with van der Waals surface area (Å²) in [6.07, 6.45) is 35.0. The molecular formula is C72H112O8. The number of rotatable bonds is 36. The third-order valence-electron chi connectivity index (χ3n) is 18.7. The molecule has 0 saturated heterocycles. The molecule has 4 unspecified atom stereocenters. The van der Waals surface area contributed by atoms with Gasteiger partial charge in [-0.05, 0) is 73.6 Å². The number of hydrogen-bond donors (Lipinski definition) is 8.